The third-order valence-corrected chi connectivity index (χ3v) is 4.91. The zero-order chi connectivity index (χ0) is 28.5. The number of nitrogens with one attached hydrogen (secondary N) is 3. The van der Waals surface area contributed by atoms with E-state index in [1.54, 1.807) is 39.0 Å². The molecular formula is C26H33F3N4O5. The Morgan fingerprint density at radius 2 is 1.84 bits per heavy atom. The number of rotatable bonds is 10. The maximum atomic E-state index is 13.6. The molecule has 0 spiro atoms. The third-order valence-electron chi connectivity index (χ3n) is 4.91. The van der Waals surface area contributed by atoms with Gasteiger partial charge in [0.1, 0.15) is 5.60 Å². The van der Waals surface area contributed by atoms with E-state index in [1.807, 2.05) is 0 Å². The summed E-state index contributed by atoms with van der Waals surface area (Å²) in [5, 5.41) is 7.57. The molecule has 0 bridgehead atoms. The van der Waals surface area contributed by atoms with Crippen molar-refractivity contribution in [2.24, 2.45) is 0 Å². The number of alkyl carbamates (subject to hydrolysis) is 1. The summed E-state index contributed by atoms with van der Waals surface area (Å²) in [4.78, 5) is 28.4. The lowest BCUT2D eigenvalue weighted by Gasteiger charge is -2.25. The number of methoxy groups -OCH3 is 1. The van der Waals surface area contributed by atoms with Crippen LogP contribution in [-0.4, -0.2) is 48.9 Å². The van der Waals surface area contributed by atoms with E-state index in [0.29, 0.717) is 23.2 Å². The van der Waals surface area contributed by atoms with Crippen molar-refractivity contribution in [3.05, 3.63) is 54.9 Å². The fourth-order valence-electron chi connectivity index (χ4n) is 3.36. The quantitative estimate of drug-likeness (QED) is 0.237. The molecule has 2 amide bonds. The van der Waals surface area contributed by atoms with Gasteiger partial charge in [0.15, 0.2) is 0 Å². The predicted molar refractivity (Wildman–Crippen MR) is 138 cm³/mol. The number of hydrogen-bond donors (Lipinski definition) is 3. The summed E-state index contributed by atoms with van der Waals surface area (Å²) in [7, 11) is 1.17. The van der Waals surface area contributed by atoms with E-state index < -0.39 is 36.2 Å². The number of amides is 2. The molecule has 0 saturated heterocycles. The Morgan fingerprint density at radius 1 is 1.13 bits per heavy atom. The van der Waals surface area contributed by atoms with E-state index in [9.17, 15) is 22.8 Å². The van der Waals surface area contributed by atoms with Crippen molar-refractivity contribution < 1.29 is 37.0 Å². The summed E-state index contributed by atoms with van der Waals surface area (Å²) < 4.78 is 55.7. The molecule has 2 aromatic rings. The Hall–Kier alpha value is -3.80. The van der Waals surface area contributed by atoms with Crippen LogP contribution in [0, 0.1) is 0 Å². The van der Waals surface area contributed by atoms with Gasteiger partial charge in [-0.2, -0.15) is 13.2 Å². The van der Waals surface area contributed by atoms with Gasteiger partial charge in [0.2, 0.25) is 6.23 Å². The number of aromatic nitrogens is 1. The molecule has 1 aromatic heterocycles. The van der Waals surface area contributed by atoms with Crippen LogP contribution in [0.1, 0.15) is 45.9 Å². The Balaban J connectivity index is 2.52. The fourth-order valence-corrected chi connectivity index (χ4v) is 3.36. The number of nitrogens with zero attached hydrogens (tertiary/aromatic N) is 1. The Morgan fingerprint density at radius 3 is 2.42 bits per heavy atom. The number of carbonyl (C=O) groups excluding carboxylic acids is 2. The minimum Gasteiger partial charge on any atom is -0.453 e. The zero-order valence-corrected chi connectivity index (χ0v) is 21.9. The van der Waals surface area contributed by atoms with Crippen LogP contribution in [0.15, 0.2) is 49.2 Å². The lowest BCUT2D eigenvalue weighted by atomic mass is 10.0. The first-order valence-corrected chi connectivity index (χ1v) is 11.8. The van der Waals surface area contributed by atoms with Gasteiger partial charge in [-0.15, -0.1) is 6.58 Å². The van der Waals surface area contributed by atoms with Gasteiger partial charge in [-0.1, -0.05) is 12.1 Å². The maximum absolute atomic E-state index is 13.6. The van der Waals surface area contributed by atoms with Crippen molar-refractivity contribution in [1.29, 1.82) is 0 Å². The molecule has 208 valence electrons. The number of ether oxygens (including phenoxy) is 3. The number of benzene rings is 1. The zero-order valence-electron chi connectivity index (χ0n) is 21.9. The average molecular weight is 539 g/mol. The second-order valence-electron chi connectivity index (χ2n) is 9.09. The average Bonchev–Trinajstić information content (AvgIpc) is 2.82. The molecule has 0 saturated carbocycles. The van der Waals surface area contributed by atoms with Gasteiger partial charge in [0.05, 0.1) is 18.8 Å². The second-order valence-corrected chi connectivity index (χ2v) is 9.09. The van der Waals surface area contributed by atoms with Gasteiger partial charge in [-0.3, -0.25) is 10.3 Å². The monoisotopic (exact) mass is 538 g/mol. The molecule has 1 aromatic carbocycles. The van der Waals surface area contributed by atoms with Gasteiger partial charge in [-0.25, -0.2) is 9.59 Å². The maximum Gasteiger partial charge on any atom is 0.433 e. The molecule has 0 radical (unpaired) electrons. The van der Waals surface area contributed by atoms with Crippen molar-refractivity contribution in [1.82, 2.24) is 10.3 Å². The molecule has 9 nitrogen and oxygen atoms in total. The normalized spacial score (nSPS) is 13.2. The van der Waals surface area contributed by atoms with Crippen molar-refractivity contribution in [2.75, 3.05) is 24.4 Å². The fraction of sp³-hybridized carbons (Fsp3) is 0.423. The SMILES string of the molecule is C=CC[C@H](NC(=O)OC(C)(C)C)c1cc(-c2ccc(NC(=O)OC)cc2NC(OCC)C(F)(F)F)ccn1. The standard InChI is InChI=1S/C26H33F3N4O5/c1-7-9-19(33-24(35)38-25(3,4)5)21-14-16(12-13-30-21)18-11-10-17(31-23(34)36-6)15-20(18)32-22(37-8-2)26(27,28)29/h7,10-15,19,22,32H,1,8-9H2,2-6H3,(H,31,34)(H,33,35)/t19-,22?/m0/s1. The summed E-state index contributed by atoms with van der Waals surface area (Å²) >= 11 is 0. The first-order valence-electron chi connectivity index (χ1n) is 11.8. The predicted octanol–water partition coefficient (Wildman–Crippen LogP) is 6.41. The van der Waals surface area contributed by atoms with E-state index in [1.165, 1.54) is 38.4 Å². The topological polar surface area (TPSA) is 111 Å². The molecule has 2 rings (SSSR count). The van der Waals surface area contributed by atoms with E-state index >= 15 is 0 Å². The van der Waals surface area contributed by atoms with Crippen LogP contribution < -0.4 is 16.0 Å². The van der Waals surface area contributed by atoms with Crippen LogP contribution in [0.5, 0.6) is 0 Å². The lowest BCUT2D eigenvalue weighted by Crippen LogP contribution is -2.38. The molecule has 0 aliphatic heterocycles. The van der Waals surface area contributed by atoms with Crippen molar-refractivity contribution >= 4 is 23.6 Å². The summed E-state index contributed by atoms with van der Waals surface area (Å²) in [6, 6.07) is 7.04. The summed E-state index contributed by atoms with van der Waals surface area (Å²) in [6.07, 6.45) is -5.05. The van der Waals surface area contributed by atoms with Crippen LogP contribution in [0.25, 0.3) is 11.1 Å². The number of alkyl halides is 3. The third kappa shape index (κ3) is 9.25. The minimum atomic E-state index is -4.71. The van der Waals surface area contributed by atoms with E-state index in [2.05, 4.69) is 32.3 Å². The van der Waals surface area contributed by atoms with Crippen LogP contribution in [0.4, 0.5) is 34.1 Å². The Bertz CT molecular complexity index is 1120. The Labute approximate surface area is 219 Å². The van der Waals surface area contributed by atoms with Gasteiger partial charge >= 0.3 is 18.4 Å². The van der Waals surface area contributed by atoms with Gasteiger partial charge in [0.25, 0.3) is 0 Å². The van der Waals surface area contributed by atoms with E-state index in [-0.39, 0.29) is 18.0 Å². The highest BCUT2D eigenvalue weighted by Crippen LogP contribution is 2.35. The first kappa shape index (κ1) is 30.4. The molecule has 2 atom stereocenters. The van der Waals surface area contributed by atoms with Crippen molar-refractivity contribution in [2.45, 2.75) is 58.2 Å². The summed E-state index contributed by atoms with van der Waals surface area (Å²) in [5.74, 6) is 0. The highest BCUT2D eigenvalue weighted by atomic mass is 19.4. The number of pyridine rings is 1. The number of carbonyl (C=O) groups is 2. The van der Waals surface area contributed by atoms with Crippen molar-refractivity contribution in [3.8, 4) is 11.1 Å². The second kappa shape index (κ2) is 13.1. The smallest absolute Gasteiger partial charge is 0.433 e. The van der Waals surface area contributed by atoms with Gasteiger partial charge < -0.3 is 24.8 Å². The summed E-state index contributed by atoms with van der Waals surface area (Å²) in [5.41, 5.74) is 0.826. The molecule has 0 aliphatic rings. The number of anilines is 2. The number of halogens is 3. The van der Waals surface area contributed by atoms with Crippen molar-refractivity contribution in [3.63, 3.8) is 0 Å². The van der Waals surface area contributed by atoms with Crippen LogP contribution in [0.2, 0.25) is 0 Å². The molecule has 3 N–H and O–H groups in total. The lowest BCUT2D eigenvalue weighted by molar-refractivity contribution is -0.209. The van der Waals surface area contributed by atoms with Crippen LogP contribution in [-0.2, 0) is 14.2 Å². The van der Waals surface area contributed by atoms with Crippen LogP contribution >= 0.6 is 0 Å². The minimum absolute atomic E-state index is 0.0344. The van der Waals surface area contributed by atoms with Gasteiger partial charge in [-0.05, 0) is 63.9 Å². The molecule has 0 fully saturated rings. The highest BCUT2D eigenvalue weighted by Gasteiger charge is 2.41. The molecule has 0 aliphatic carbocycles. The van der Waals surface area contributed by atoms with E-state index in [0.717, 1.165) is 0 Å². The molecule has 38 heavy (non-hydrogen) atoms. The molecule has 1 heterocycles. The first-order chi connectivity index (χ1) is 17.8. The van der Waals surface area contributed by atoms with Gasteiger partial charge in [0, 0.05) is 29.7 Å². The summed E-state index contributed by atoms with van der Waals surface area (Å²) in [6.45, 7) is 10.2. The highest BCUT2D eigenvalue weighted by molar-refractivity contribution is 5.88. The van der Waals surface area contributed by atoms with Crippen LogP contribution in [0.3, 0.4) is 0 Å². The molecule has 12 heteroatoms. The van der Waals surface area contributed by atoms with E-state index in [4.69, 9.17) is 9.47 Å². The molecule has 1 unspecified atom stereocenters. The molecular weight excluding hydrogens is 505 g/mol. The Kier molecular flexibility index (Phi) is 10.5. The number of hydrogen-bond acceptors (Lipinski definition) is 7. The largest absolute Gasteiger partial charge is 0.453 e.